The van der Waals surface area contributed by atoms with Gasteiger partial charge in [-0.1, -0.05) is 0 Å². The summed E-state index contributed by atoms with van der Waals surface area (Å²) >= 11 is 0. The normalized spacial score (nSPS) is 42.5. The molecule has 0 spiro atoms. The van der Waals surface area contributed by atoms with Crippen LogP contribution >= 0.6 is 0 Å². The van der Waals surface area contributed by atoms with Gasteiger partial charge in [0.2, 0.25) is 10.0 Å². The molecule has 0 radical (unpaired) electrons. The summed E-state index contributed by atoms with van der Waals surface area (Å²) in [7, 11) is -3.90. The molecule has 4 aliphatic heterocycles. The third-order valence-electron chi connectivity index (χ3n) is 5.21. The molecule has 4 saturated heterocycles. The van der Waals surface area contributed by atoms with Gasteiger partial charge in [0, 0.05) is 13.1 Å². The van der Waals surface area contributed by atoms with Crippen LogP contribution in [-0.2, 0) is 19.3 Å². The maximum absolute atomic E-state index is 12.5. The number of sulfonamides is 1. The Morgan fingerprint density at radius 3 is 1.95 bits per heavy atom. The zero-order valence-corrected chi connectivity index (χ0v) is 12.9. The average Bonchev–Trinajstić information content (AvgIpc) is 2.47. The van der Waals surface area contributed by atoms with Crippen LogP contribution in [0.4, 0.5) is 0 Å². The second-order valence-electron chi connectivity index (χ2n) is 6.87. The molecule has 4 rings (SSSR count). The van der Waals surface area contributed by atoms with E-state index in [1.165, 1.54) is 0 Å². The van der Waals surface area contributed by atoms with Gasteiger partial charge in [0.1, 0.15) is 5.15 Å². The smallest absolute Gasteiger partial charge is 0.402 e. The van der Waals surface area contributed by atoms with E-state index in [0.29, 0.717) is 13.1 Å². The van der Waals surface area contributed by atoms with E-state index in [-0.39, 0.29) is 5.92 Å². The molecule has 0 unspecified atom stereocenters. The van der Waals surface area contributed by atoms with E-state index in [0.717, 1.165) is 12.8 Å². The van der Waals surface area contributed by atoms with Gasteiger partial charge in [-0.2, -0.15) is 0 Å². The first-order chi connectivity index (χ1) is 8.65. The zero-order valence-electron chi connectivity index (χ0n) is 12.0. The van der Waals surface area contributed by atoms with Crippen LogP contribution in [-0.4, -0.2) is 49.3 Å². The number of piperidine rings is 1. The molecule has 0 amide bonds. The lowest BCUT2D eigenvalue weighted by Gasteiger charge is -2.44. The summed E-state index contributed by atoms with van der Waals surface area (Å²) in [5.41, 5.74) is -0.946. The van der Waals surface area contributed by atoms with Crippen molar-refractivity contribution in [2.45, 2.75) is 56.9 Å². The van der Waals surface area contributed by atoms with Crippen LogP contribution in [0.15, 0.2) is 0 Å². The lowest BCUT2D eigenvalue weighted by Crippen LogP contribution is -2.60. The SMILES string of the molecule is CC1(C)OB([C@H]2C3CCN(CC3)S2(=O)=O)OC1(C)C. The third kappa shape index (κ3) is 1.89. The van der Waals surface area contributed by atoms with E-state index in [1.807, 2.05) is 27.7 Å². The summed E-state index contributed by atoms with van der Waals surface area (Å²) in [5.74, 6) is 0.171. The molecule has 0 aromatic rings. The predicted octanol–water partition coefficient (Wildman–Crippen LogP) is 1.04. The minimum atomic E-state index is -3.27. The van der Waals surface area contributed by atoms with Crippen molar-refractivity contribution < 1.29 is 17.7 Å². The molecule has 108 valence electrons. The lowest BCUT2D eigenvalue weighted by atomic mass is 9.73. The fourth-order valence-electron chi connectivity index (χ4n) is 3.26. The Labute approximate surface area is 115 Å². The second-order valence-corrected chi connectivity index (χ2v) is 8.96. The standard InChI is InChI=1S/C12H22BNO4S/c1-11(2)12(3,4)18-13(17-11)10-9-5-7-14(8-6-9)19(10,15)16/h9-10H,5-8H2,1-4H3/t10-/m1/s1. The molecular formula is C12H22BNO4S. The molecule has 2 bridgehead atoms. The topological polar surface area (TPSA) is 55.8 Å². The van der Waals surface area contributed by atoms with Gasteiger partial charge >= 0.3 is 7.12 Å². The van der Waals surface area contributed by atoms with Crippen molar-refractivity contribution >= 4 is 17.1 Å². The van der Waals surface area contributed by atoms with Crippen molar-refractivity contribution in [3.8, 4) is 0 Å². The quantitative estimate of drug-likeness (QED) is 0.676. The van der Waals surface area contributed by atoms with Gasteiger partial charge in [0.05, 0.1) is 11.2 Å². The summed E-state index contributed by atoms with van der Waals surface area (Å²) in [4.78, 5) is 0. The number of fused-ring (bicyclic) bond motifs is 3. The summed E-state index contributed by atoms with van der Waals surface area (Å²) < 4.78 is 38.6. The molecule has 0 aromatic heterocycles. The van der Waals surface area contributed by atoms with Crippen LogP contribution in [0.25, 0.3) is 0 Å². The Balaban J connectivity index is 1.92. The van der Waals surface area contributed by atoms with Gasteiger partial charge in [0.25, 0.3) is 0 Å². The number of nitrogens with zero attached hydrogens (tertiary/aromatic N) is 1. The number of hydrogen-bond donors (Lipinski definition) is 0. The zero-order chi connectivity index (χ0) is 14.1. The molecule has 4 heterocycles. The van der Waals surface area contributed by atoms with Gasteiger partial charge in [-0.05, 0) is 46.5 Å². The maximum atomic E-state index is 12.5. The van der Waals surface area contributed by atoms with Gasteiger partial charge < -0.3 is 9.31 Å². The Hall–Kier alpha value is -0.105. The molecule has 0 saturated carbocycles. The highest BCUT2D eigenvalue weighted by molar-refractivity contribution is 7.91. The molecular weight excluding hydrogens is 265 g/mol. The summed E-state index contributed by atoms with van der Waals surface area (Å²) in [6, 6.07) is 0. The summed E-state index contributed by atoms with van der Waals surface area (Å²) in [5, 5.41) is -0.531. The van der Waals surface area contributed by atoms with Crippen molar-refractivity contribution in [1.82, 2.24) is 4.31 Å². The maximum Gasteiger partial charge on any atom is 0.478 e. The molecule has 4 aliphatic rings. The Morgan fingerprint density at radius 1 is 1.05 bits per heavy atom. The molecule has 0 aromatic carbocycles. The summed E-state index contributed by atoms with van der Waals surface area (Å²) in [6.07, 6.45) is 1.85. The van der Waals surface area contributed by atoms with Crippen LogP contribution in [0.1, 0.15) is 40.5 Å². The first-order valence-electron chi connectivity index (χ1n) is 7.00. The Bertz CT molecular complexity index is 466. The predicted molar refractivity (Wildman–Crippen MR) is 73.1 cm³/mol. The third-order valence-corrected chi connectivity index (χ3v) is 7.59. The van der Waals surface area contributed by atoms with E-state index in [9.17, 15) is 8.42 Å². The minimum Gasteiger partial charge on any atom is -0.402 e. The second kappa shape index (κ2) is 3.96. The van der Waals surface area contributed by atoms with Crippen LogP contribution in [0, 0.1) is 5.92 Å². The largest absolute Gasteiger partial charge is 0.478 e. The van der Waals surface area contributed by atoms with E-state index >= 15 is 0 Å². The van der Waals surface area contributed by atoms with Crippen LogP contribution < -0.4 is 0 Å². The number of hydrogen-bond acceptors (Lipinski definition) is 4. The molecule has 4 fully saturated rings. The van der Waals surface area contributed by atoms with E-state index in [4.69, 9.17) is 9.31 Å². The van der Waals surface area contributed by atoms with E-state index < -0.39 is 33.5 Å². The Morgan fingerprint density at radius 2 is 1.53 bits per heavy atom. The lowest BCUT2D eigenvalue weighted by molar-refractivity contribution is 0.00578. The molecule has 5 nitrogen and oxygen atoms in total. The van der Waals surface area contributed by atoms with Gasteiger partial charge in [-0.25, -0.2) is 12.7 Å². The first kappa shape index (κ1) is 13.9. The van der Waals surface area contributed by atoms with Crippen LogP contribution in [0.5, 0.6) is 0 Å². The van der Waals surface area contributed by atoms with Gasteiger partial charge in [-0.3, -0.25) is 0 Å². The highest BCUT2D eigenvalue weighted by Crippen LogP contribution is 2.44. The number of rotatable bonds is 1. The fourth-order valence-corrected chi connectivity index (χ4v) is 5.47. The monoisotopic (exact) mass is 287 g/mol. The molecule has 0 N–H and O–H groups in total. The van der Waals surface area contributed by atoms with Crippen LogP contribution in [0.2, 0.25) is 0 Å². The fraction of sp³-hybridized carbons (Fsp3) is 1.00. The van der Waals surface area contributed by atoms with E-state index in [2.05, 4.69) is 0 Å². The Kier molecular flexibility index (Phi) is 2.89. The highest BCUT2D eigenvalue weighted by atomic mass is 32.2. The molecule has 0 aliphatic carbocycles. The van der Waals surface area contributed by atoms with Crippen molar-refractivity contribution in [1.29, 1.82) is 0 Å². The van der Waals surface area contributed by atoms with Crippen molar-refractivity contribution in [3.05, 3.63) is 0 Å². The van der Waals surface area contributed by atoms with E-state index in [1.54, 1.807) is 4.31 Å². The molecule has 7 heteroatoms. The first-order valence-corrected chi connectivity index (χ1v) is 8.50. The summed E-state index contributed by atoms with van der Waals surface area (Å²) in [6.45, 7) is 9.15. The van der Waals surface area contributed by atoms with Crippen LogP contribution in [0.3, 0.4) is 0 Å². The van der Waals surface area contributed by atoms with Gasteiger partial charge in [0.15, 0.2) is 0 Å². The van der Waals surface area contributed by atoms with Crippen molar-refractivity contribution in [2.75, 3.05) is 13.1 Å². The average molecular weight is 287 g/mol. The highest BCUT2D eigenvalue weighted by Gasteiger charge is 2.61. The minimum absolute atomic E-state index is 0.171. The van der Waals surface area contributed by atoms with Crippen molar-refractivity contribution in [3.63, 3.8) is 0 Å². The van der Waals surface area contributed by atoms with Crippen molar-refractivity contribution in [2.24, 2.45) is 5.92 Å². The molecule has 19 heavy (non-hydrogen) atoms. The van der Waals surface area contributed by atoms with Gasteiger partial charge in [-0.15, -0.1) is 0 Å². The molecule has 1 atom stereocenters.